The second-order valence-electron chi connectivity index (χ2n) is 7.26. The van der Waals surface area contributed by atoms with Gasteiger partial charge in [-0.15, -0.1) is 0 Å². The maximum absolute atomic E-state index is 13.3. The summed E-state index contributed by atoms with van der Waals surface area (Å²) < 4.78 is 21.0. The number of ketones is 1. The number of aliphatic hydroxyl groups is 1. The van der Waals surface area contributed by atoms with E-state index in [2.05, 4.69) is 0 Å². The summed E-state index contributed by atoms with van der Waals surface area (Å²) in [5, 5.41) is 11.4. The third-order valence-corrected chi connectivity index (χ3v) is 5.47. The fourth-order valence-corrected chi connectivity index (χ4v) is 3.93. The number of methoxy groups -OCH3 is 3. The Morgan fingerprint density at radius 3 is 2.24 bits per heavy atom. The number of ether oxygens (including phenoxy) is 3. The van der Waals surface area contributed by atoms with Gasteiger partial charge in [0.2, 0.25) is 0 Å². The third kappa shape index (κ3) is 3.66. The van der Waals surface area contributed by atoms with Crippen LogP contribution in [0.5, 0.6) is 11.5 Å². The van der Waals surface area contributed by atoms with Crippen LogP contribution in [-0.4, -0.2) is 44.1 Å². The highest BCUT2D eigenvalue weighted by atomic mass is 16.5. The third-order valence-electron chi connectivity index (χ3n) is 5.47. The van der Waals surface area contributed by atoms with Gasteiger partial charge in [-0.25, -0.2) is 4.79 Å². The number of carbonyl (C=O) groups is 3. The normalized spacial score (nSPS) is 17.0. The molecular formula is C25H21NO8. The molecule has 9 nitrogen and oxygen atoms in total. The molecule has 2 aromatic carbocycles. The van der Waals surface area contributed by atoms with Crippen LogP contribution in [0.15, 0.2) is 70.9 Å². The Kier molecular flexibility index (Phi) is 6.09. The van der Waals surface area contributed by atoms with Crippen LogP contribution in [0.25, 0.3) is 5.76 Å². The predicted octanol–water partition coefficient (Wildman–Crippen LogP) is 3.71. The number of rotatable bonds is 6. The predicted molar refractivity (Wildman–Crippen MR) is 121 cm³/mol. The van der Waals surface area contributed by atoms with Crippen LogP contribution < -0.4 is 14.4 Å². The SMILES string of the molecule is COC(=O)c1cccc(N2C(=O)C(=O)/C(=C(/O)c3c(OC)cccc3OC)C2c2ccco2)c1. The summed E-state index contributed by atoms with van der Waals surface area (Å²) >= 11 is 0. The van der Waals surface area contributed by atoms with Crippen molar-refractivity contribution >= 4 is 29.1 Å². The van der Waals surface area contributed by atoms with Crippen molar-refractivity contribution in [2.45, 2.75) is 6.04 Å². The summed E-state index contributed by atoms with van der Waals surface area (Å²) in [6, 6.07) is 13.0. The summed E-state index contributed by atoms with van der Waals surface area (Å²) in [6.07, 6.45) is 1.39. The smallest absolute Gasteiger partial charge is 0.337 e. The number of aliphatic hydroxyl groups excluding tert-OH is 1. The second kappa shape index (κ2) is 9.14. The lowest BCUT2D eigenvalue weighted by atomic mass is 9.98. The van der Waals surface area contributed by atoms with Crippen molar-refractivity contribution in [3.8, 4) is 11.5 Å². The van der Waals surface area contributed by atoms with Crippen molar-refractivity contribution in [1.82, 2.24) is 0 Å². The minimum atomic E-state index is -1.11. The molecule has 0 spiro atoms. The zero-order valence-corrected chi connectivity index (χ0v) is 18.6. The number of carbonyl (C=O) groups excluding carboxylic acids is 3. The van der Waals surface area contributed by atoms with Gasteiger partial charge in [0, 0.05) is 5.69 Å². The first-order chi connectivity index (χ1) is 16.4. The number of esters is 1. The maximum atomic E-state index is 13.3. The van der Waals surface area contributed by atoms with Gasteiger partial charge >= 0.3 is 5.97 Å². The number of nitrogens with zero attached hydrogens (tertiary/aromatic N) is 1. The molecule has 0 bridgehead atoms. The van der Waals surface area contributed by atoms with E-state index in [-0.39, 0.29) is 39.6 Å². The summed E-state index contributed by atoms with van der Waals surface area (Å²) in [5.41, 5.74) is 0.334. The Hall–Kier alpha value is -4.53. The van der Waals surface area contributed by atoms with Crippen molar-refractivity contribution in [3.63, 3.8) is 0 Å². The molecule has 4 rings (SSSR count). The van der Waals surface area contributed by atoms with E-state index >= 15 is 0 Å². The summed E-state index contributed by atoms with van der Waals surface area (Å²) in [4.78, 5) is 39.7. The number of amides is 1. The molecule has 1 atom stereocenters. The van der Waals surface area contributed by atoms with E-state index in [1.807, 2.05) is 0 Å². The van der Waals surface area contributed by atoms with Crippen LogP contribution in [-0.2, 0) is 14.3 Å². The Morgan fingerprint density at radius 1 is 0.971 bits per heavy atom. The van der Waals surface area contributed by atoms with Gasteiger partial charge in [-0.2, -0.15) is 0 Å². The minimum Gasteiger partial charge on any atom is -0.506 e. The van der Waals surface area contributed by atoms with Crippen molar-refractivity contribution in [1.29, 1.82) is 0 Å². The van der Waals surface area contributed by atoms with Crippen LogP contribution in [0.1, 0.15) is 27.7 Å². The van der Waals surface area contributed by atoms with Crippen LogP contribution in [0.2, 0.25) is 0 Å². The lowest BCUT2D eigenvalue weighted by Gasteiger charge is -2.24. The molecule has 1 aliphatic heterocycles. The Morgan fingerprint density at radius 2 is 1.65 bits per heavy atom. The average molecular weight is 463 g/mol. The van der Waals surface area contributed by atoms with E-state index in [0.29, 0.717) is 0 Å². The number of anilines is 1. The molecule has 2 heterocycles. The zero-order valence-electron chi connectivity index (χ0n) is 18.6. The number of hydrogen-bond acceptors (Lipinski definition) is 8. The average Bonchev–Trinajstić information content (AvgIpc) is 3.49. The first-order valence-electron chi connectivity index (χ1n) is 10.2. The maximum Gasteiger partial charge on any atom is 0.337 e. The van der Waals surface area contributed by atoms with Gasteiger partial charge in [-0.1, -0.05) is 12.1 Å². The Labute approximate surface area is 194 Å². The number of Topliss-reactive ketones (excluding diaryl/α,β-unsaturated/α-hetero) is 1. The molecule has 0 saturated carbocycles. The first-order valence-corrected chi connectivity index (χ1v) is 10.2. The summed E-state index contributed by atoms with van der Waals surface area (Å²) in [5.74, 6) is -2.21. The summed E-state index contributed by atoms with van der Waals surface area (Å²) in [6.45, 7) is 0. The second-order valence-corrected chi connectivity index (χ2v) is 7.26. The van der Waals surface area contributed by atoms with Gasteiger partial charge in [0.1, 0.15) is 34.6 Å². The van der Waals surface area contributed by atoms with Gasteiger partial charge in [-0.05, 0) is 42.5 Å². The molecule has 1 saturated heterocycles. The molecule has 1 N–H and O–H groups in total. The minimum absolute atomic E-state index is 0.116. The van der Waals surface area contributed by atoms with Gasteiger partial charge in [0.25, 0.3) is 11.7 Å². The van der Waals surface area contributed by atoms with Gasteiger partial charge < -0.3 is 23.7 Å². The molecule has 1 aromatic heterocycles. The summed E-state index contributed by atoms with van der Waals surface area (Å²) in [7, 11) is 4.06. The van der Waals surface area contributed by atoms with Crippen LogP contribution >= 0.6 is 0 Å². The quantitative estimate of drug-likeness (QED) is 0.255. The van der Waals surface area contributed by atoms with Gasteiger partial charge in [-0.3, -0.25) is 14.5 Å². The van der Waals surface area contributed by atoms with E-state index < -0.39 is 29.5 Å². The Balaban J connectivity index is 1.96. The fraction of sp³-hybridized carbons (Fsp3) is 0.160. The molecule has 0 radical (unpaired) electrons. The highest BCUT2D eigenvalue weighted by Gasteiger charge is 2.49. The molecule has 3 aromatic rings. The van der Waals surface area contributed by atoms with E-state index in [9.17, 15) is 19.5 Å². The largest absolute Gasteiger partial charge is 0.506 e. The number of hydrogen-bond donors (Lipinski definition) is 1. The molecule has 9 heteroatoms. The van der Waals surface area contributed by atoms with Crippen LogP contribution in [0.3, 0.4) is 0 Å². The van der Waals surface area contributed by atoms with E-state index in [1.165, 1.54) is 44.6 Å². The van der Waals surface area contributed by atoms with Gasteiger partial charge in [0.05, 0.1) is 38.7 Å². The molecule has 0 aliphatic carbocycles. The first kappa shape index (κ1) is 22.7. The standard InChI is InChI=1S/C25H21NO8/c1-31-16-9-5-10-17(32-2)19(16)22(27)20-21(18-11-6-12-34-18)26(24(29)23(20)28)15-8-4-7-14(13-15)25(30)33-3/h4-13,21,27H,1-3H3/b22-20+. The highest BCUT2D eigenvalue weighted by molar-refractivity contribution is 6.51. The molecule has 1 aliphatic rings. The monoisotopic (exact) mass is 463 g/mol. The van der Waals surface area contributed by atoms with E-state index in [4.69, 9.17) is 18.6 Å². The number of furan rings is 1. The zero-order chi connectivity index (χ0) is 24.4. The fourth-order valence-electron chi connectivity index (χ4n) is 3.93. The lowest BCUT2D eigenvalue weighted by Crippen LogP contribution is -2.29. The van der Waals surface area contributed by atoms with E-state index in [1.54, 1.807) is 42.5 Å². The molecule has 1 fully saturated rings. The van der Waals surface area contributed by atoms with Crippen molar-refractivity contribution in [2.75, 3.05) is 26.2 Å². The van der Waals surface area contributed by atoms with E-state index in [0.717, 1.165) is 0 Å². The topological polar surface area (TPSA) is 116 Å². The molecule has 1 amide bonds. The highest BCUT2D eigenvalue weighted by Crippen LogP contribution is 2.45. The molecule has 174 valence electrons. The molecular weight excluding hydrogens is 442 g/mol. The van der Waals surface area contributed by atoms with Crippen molar-refractivity contribution in [2.24, 2.45) is 0 Å². The van der Waals surface area contributed by atoms with Crippen LogP contribution in [0, 0.1) is 0 Å². The molecule has 1 unspecified atom stereocenters. The van der Waals surface area contributed by atoms with Crippen molar-refractivity contribution < 1.29 is 38.1 Å². The Bertz CT molecular complexity index is 1270. The van der Waals surface area contributed by atoms with Gasteiger partial charge in [0.15, 0.2) is 0 Å². The molecule has 34 heavy (non-hydrogen) atoms. The lowest BCUT2D eigenvalue weighted by molar-refractivity contribution is -0.132. The number of benzene rings is 2. The van der Waals surface area contributed by atoms with Crippen molar-refractivity contribution in [3.05, 3.63) is 83.3 Å². The van der Waals surface area contributed by atoms with Crippen LogP contribution in [0.4, 0.5) is 5.69 Å².